The van der Waals surface area contributed by atoms with Crippen LogP contribution in [0.4, 0.5) is 4.39 Å². The van der Waals surface area contributed by atoms with Crippen LogP contribution in [0.2, 0.25) is 0 Å². The second-order valence-corrected chi connectivity index (χ2v) is 5.37. The molecule has 0 fully saturated rings. The molecule has 3 heteroatoms. The van der Waals surface area contributed by atoms with E-state index in [1.165, 1.54) is 12.1 Å². The summed E-state index contributed by atoms with van der Waals surface area (Å²) in [6.45, 7) is 4.31. The normalized spacial score (nSPS) is 11.8. The maximum atomic E-state index is 13.0. The lowest BCUT2D eigenvalue weighted by molar-refractivity contribution is 0.301. The highest BCUT2D eigenvalue weighted by molar-refractivity contribution is 9.10. The number of alkyl halides is 1. The van der Waals surface area contributed by atoms with Crippen molar-refractivity contribution >= 4 is 27.5 Å². The molecule has 0 aromatic heterocycles. The predicted molar refractivity (Wildman–Crippen MR) is 71.5 cm³/mol. The minimum Gasteiger partial charge on any atom is -0.207 e. The van der Waals surface area contributed by atoms with Crippen LogP contribution < -0.4 is 0 Å². The van der Waals surface area contributed by atoms with E-state index < -0.39 is 0 Å². The van der Waals surface area contributed by atoms with Crippen LogP contribution in [0, 0.1) is 11.2 Å². The van der Waals surface area contributed by atoms with Gasteiger partial charge in [-0.05, 0) is 42.4 Å². The van der Waals surface area contributed by atoms with Gasteiger partial charge >= 0.3 is 0 Å². The molecule has 1 aromatic rings. The molecular formula is C13H17BrClF. The van der Waals surface area contributed by atoms with Gasteiger partial charge in [0, 0.05) is 10.4 Å². The molecule has 1 aromatic carbocycles. The lowest BCUT2D eigenvalue weighted by atomic mass is 9.79. The van der Waals surface area contributed by atoms with Crippen molar-refractivity contribution < 1.29 is 4.39 Å². The standard InChI is InChI=1S/C13H17BrClF/c1-3-13(4-2,9-15)8-10-5-6-11(16)7-12(10)14/h5-7H,3-4,8-9H2,1-2H3. The molecule has 0 aliphatic carbocycles. The molecule has 0 heterocycles. The molecule has 0 aliphatic heterocycles. The zero-order valence-corrected chi connectivity index (χ0v) is 12.0. The molecule has 0 saturated carbocycles. The molecule has 0 unspecified atom stereocenters. The average molecular weight is 308 g/mol. The molecule has 0 nitrogen and oxygen atoms in total. The summed E-state index contributed by atoms with van der Waals surface area (Å²) in [6, 6.07) is 4.86. The predicted octanol–water partition coefficient (Wildman–Crippen LogP) is 5.18. The molecule has 0 bridgehead atoms. The van der Waals surface area contributed by atoms with Crippen molar-refractivity contribution in [1.82, 2.24) is 0 Å². The van der Waals surface area contributed by atoms with Gasteiger partial charge in [0.05, 0.1) is 0 Å². The van der Waals surface area contributed by atoms with E-state index in [9.17, 15) is 4.39 Å². The molecule has 0 aliphatic rings. The van der Waals surface area contributed by atoms with Gasteiger partial charge in [0.25, 0.3) is 0 Å². The van der Waals surface area contributed by atoms with E-state index in [1.807, 2.05) is 6.07 Å². The summed E-state index contributed by atoms with van der Waals surface area (Å²) >= 11 is 9.47. The van der Waals surface area contributed by atoms with Crippen molar-refractivity contribution in [1.29, 1.82) is 0 Å². The van der Waals surface area contributed by atoms with Crippen LogP contribution in [0.25, 0.3) is 0 Å². The first kappa shape index (κ1) is 14.0. The van der Waals surface area contributed by atoms with Gasteiger partial charge < -0.3 is 0 Å². The van der Waals surface area contributed by atoms with E-state index in [1.54, 1.807) is 0 Å². The summed E-state index contributed by atoms with van der Waals surface area (Å²) in [6.07, 6.45) is 2.97. The SMILES string of the molecule is CCC(CC)(CCl)Cc1ccc(F)cc1Br. The third-order valence-electron chi connectivity index (χ3n) is 3.36. The molecule has 0 spiro atoms. The van der Waals surface area contributed by atoms with E-state index >= 15 is 0 Å². The Morgan fingerprint density at radius 1 is 1.31 bits per heavy atom. The van der Waals surface area contributed by atoms with Crippen molar-refractivity contribution in [3.8, 4) is 0 Å². The Hall–Kier alpha value is -0.0800. The average Bonchev–Trinajstić information content (AvgIpc) is 2.29. The maximum absolute atomic E-state index is 13.0. The van der Waals surface area contributed by atoms with Crippen molar-refractivity contribution in [2.45, 2.75) is 33.1 Å². The Kier molecular flexibility index (Phi) is 5.26. The topological polar surface area (TPSA) is 0 Å². The van der Waals surface area contributed by atoms with Gasteiger partial charge in [0.2, 0.25) is 0 Å². The van der Waals surface area contributed by atoms with Gasteiger partial charge in [0.1, 0.15) is 5.82 Å². The van der Waals surface area contributed by atoms with Crippen LogP contribution in [-0.2, 0) is 6.42 Å². The van der Waals surface area contributed by atoms with Crippen molar-refractivity contribution in [3.05, 3.63) is 34.1 Å². The van der Waals surface area contributed by atoms with Gasteiger partial charge in [0.15, 0.2) is 0 Å². The summed E-state index contributed by atoms with van der Waals surface area (Å²) < 4.78 is 13.8. The maximum Gasteiger partial charge on any atom is 0.124 e. The number of halogens is 3. The molecule has 0 radical (unpaired) electrons. The summed E-state index contributed by atoms with van der Waals surface area (Å²) in [7, 11) is 0. The van der Waals surface area contributed by atoms with Crippen LogP contribution >= 0.6 is 27.5 Å². The highest BCUT2D eigenvalue weighted by Crippen LogP contribution is 2.34. The Morgan fingerprint density at radius 3 is 2.38 bits per heavy atom. The highest BCUT2D eigenvalue weighted by atomic mass is 79.9. The molecule has 16 heavy (non-hydrogen) atoms. The summed E-state index contributed by atoms with van der Waals surface area (Å²) in [5.74, 6) is 0.434. The summed E-state index contributed by atoms with van der Waals surface area (Å²) in [4.78, 5) is 0. The second kappa shape index (κ2) is 6.02. The quantitative estimate of drug-likeness (QED) is 0.658. The first-order valence-electron chi connectivity index (χ1n) is 5.57. The first-order valence-corrected chi connectivity index (χ1v) is 6.89. The molecule has 90 valence electrons. The van der Waals surface area contributed by atoms with Crippen LogP contribution in [0.1, 0.15) is 32.3 Å². The molecule has 0 amide bonds. The molecule has 1 rings (SSSR count). The van der Waals surface area contributed by atoms with E-state index in [0.29, 0.717) is 5.88 Å². The minimum atomic E-state index is -0.208. The molecular weight excluding hydrogens is 290 g/mol. The van der Waals surface area contributed by atoms with Gasteiger partial charge in [-0.15, -0.1) is 11.6 Å². The van der Waals surface area contributed by atoms with Gasteiger partial charge in [-0.25, -0.2) is 4.39 Å². The number of hydrogen-bond acceptors (Lipinski definition) is 0. The zero-order valence-electron chi connectivity index (χ0n) is 9.69. The molecule has 0 N–H and O–H groups in total. The fraction of sp³-hybridized carbons (Fsp3) is 0.538. The monoisotopic (exact) mass is 306 g/mol. The number of rotatable bonds is 5. The van der Waals surface area contributed by atoms with Gasteiger partial charge in [-0.1, -0.05) is 35.8 Å². The van der Waals surface area contributed by atoms with Crippen molar-refractivity contribution in [3.63, 3.8) is 0 Å². The Labute approximate surface area is 110 Å². The van der Waals surface area contributed by atoms with Crippen LogP contribution in [0.3, 0.4) is 0 Å². The Morgan fingerprint density at radius 2 is 1.94 bits per heavy atom. The lowest BCUT2D eigenvalue weighted by Gasteiger charge is -2.29. The Bertz CT molecular complexity index is 340. The van der Waals surface area contributed by atoms with Gasteiger partial charge in [-0.2, -0.15) is 0 Å². The molecule has 0 atom stereocenters. The second-order valence-electron chi connectivity index (χ2n) is 4.25. The summed E-state index contributed by atoms with van der Waals surface area (Å²) in [5.41, 5.74) is 1.26. The number of benzene rings is 1. The highest BCUT2D eigenvalue weighted by Gasteiger charge is 2.26. The van der Waals surface area contributed by atoms with E-state index in [2.05, 4.69) is 29.8 Å². The zero-order chi connectivity index (χ0) is 12.2. The lowest BCUT2D eigenvalue weighted by Crippen LogP contribution is -2.24. The fourth-order valence-electron chi connectivity index (χ4n) is 1.81. The smallest absolute Gasteiger partial charge is 0.124 e. The molecule has 0 saturated heterocycles. The van der Waals surface area contributed by atoms with Crippen LogP contribution in [0.5, 0.6) is 0 Å². The van der Waals surface area contributed by atoms with Gasteiger partial charge in [-0.3, -0.25) is 0 Å². The third-order valence-corrected chi connectivity index (χ3v) is 4.67. The first-order chi connectivity index (χ1) is 7.56. The van der Waals surface area contributed by atoms with Crippen molar-refractivity contribution in [2.24, 2.45) is 5.41 Å². The van der Waals surface area contributed by atoms with E-state index in [4.69, 9.17) is 11.6 Å². The fourth-order valence-corrected chi connectivity index (χ4v) is 2.77. The largest absolute Gasteiger partial charge is 0.207 e. The van der Waals surface area contributed by atoms with Crippen molar-refractivity contribution in [2.75, 3.05) is 5.88 Å². The summed E-state index contributed by atoms with van der Waals surface area (Å²) in [5, 5.41) is 0. The number of hydrogen-bond donors (Lipinski definition) is 0. The van der Waals surface area contributed by atoms with E-state index in [0.717, 1.165) is 29.3 Å². The minimum absolute atomic E-state index is 0.127. The van der Waals surface area contributed by atoms with Crippen LogP contribution in [0.15, 0.2) is 22.7 Å². The van der Waals surface area contributed by atoms with E-state index in [-0.39, 0.29) is 11.2 Å². The third kappa shape index (κ3) is 3.21. The van der Waals surface area contributed by atoms with Crippen LogP contribution in [-0.4, -0.2) is 5.88 Å². The Balaban J connectivity index is 2.93.